The Balaban J connectivity index is 0.00000289. The molecular formula is C22H27IN8O. The van der Waals surface area contributed by atoms with Gasteiger partial charge in [0.25, 0.3) is 0 Å². The van der Waals surface area contributed by atoms with Crippen LogP contribution in [0.1, 0.15) is 18.3 Å². The smallest absolute Gasteiger partial charge is 0.216 e. The normalized spacial score (nSPS) is 11.2. The van der Waals surface area contributed by atoms with E-state index in [1.54, 1.807) is 12.5 Å². The number of nitrogens with zero attached hydrogens (tertiary/aromatic N) is 5. The summed E-state index contributed by atoms with van der Waals surface area (Å²) in [7, 11) is 0. The molecule has 3 aromatic heterocycles. The van der Waals surface area contributed by atoms with Gasteiger partial charge in [-0.2, -0.15) is 10.2 Å². The fourth-order valence-electron chi connectivity index (χ4n) is 3.10. The minimum atomic E-state index is 0. The zero-order chi connectivity index (χ0) is 21.3. The van der Waals surface area contributed by atoms with Crippen molar-refractivity contribution >= 4 is 29.9 Å². The number of benzene rings is 1. The molecule has 3 heterocycles. The molecule has 4 aromatic rings. The summed E-state index contributed by atoms with van der Waals surface area (Å²) in [4.78, 5) is 9.08. The number of rotatable bonds is 9. The Labute approximate surface area is 203 Å². The van der Waals surface area contributed by atoms with Crippen LogP contribution < -0.4 is 10.6 Å². The van der Waals surface area contributed by atoms with Crippen LogP contribution in [0.25, 0.3) is 17.3 Å². The Morgan fingerprint density at radius 1 is 1.12 bits per heavy atom. The first-order chi connectivity index (χ1) is 15.3. The summed E-state index contributed by atoms with van der Waals surface area (Å²) in [5.74, 6) is 2.79. The van der Waals surface area contributed by atoms with Gasteiger partial charge in [0.05, 0.1) is 12.0 Å². The van der Waals surface area contributed by atoms with E-state index < -0.39 is 0 Å². The van der Waals surface area contributed by atoms with E-state index >= 15 is 0 Å². The van der Waals surface area contributed by atoms with E-state index in [9.17, 15) is 0 Å². The second kappa shape index (κ2) is 12.0. The van der Waals surface area contributed by atoms with Gasteiger partial charge in [0.2, 0.25) is 5.82 Å². The van der Waals surface area contributed by atoms with Crippen molar-refractivity contribution in [1.82, 2.24) is 35.6 Å². The maximum Gasteiger partial charge on any atom is 0.216 e. The highest BCUT2D eigenvalue weighted by Crippen LogP contribution is 2.14. The van der Waals surface area contributed by atoms with Crippen molar-refractivity contribution < 1.29 is 4.42 Å². The number of hydrogen-bond donors (Lipinski definition) is 3. The van der Waals surface area contributed by atoms with Crippen molar-refractivity contribution in [2.75, 3.05) is 19.6 Å². The van der Waals surface area contributed by atoms with E-state index in [4.69, 9.17) is 4.42 Å². The number of aromatic nitrogens is 5. The van der Waals surface area contributed by atoms with E-state index in [0.717, 1.165) is 37.0 Å². The predicted octanol–water partition coefficient (Wildman–Crippen LogP) is 3.21. The monoisotopic (exact) mass is 546 g/mol. The number of aromatic amines is 1. The highest BCUT2D eigenvalue weighted by Gasteiger charge is 2.08. The number of guanidine groups is 1. The number of halogens is 1. The van der Waals surface area contributed by atoms with Crippen molar-refractivity contribution in [3.05, 3.63) is 72.5 Å². The highest BCUT2D eigenvalue weighted by molar-refractivity contribution is 14.0. The third-order valence-electron chi connectivity index (χ3n) is 4.65. The van der Waals surface area contributed by atoms with Gasteiger partial charge in [-0.15, -0.1) is 24.0 Å². The first-order valence-electron chi connectivity index (χ1n) is 10.4. The Kier molecular flexibility index (Phi) is 8.84. The minimum Gasteiger partial charge on any atom is -0.461 e. The number of H-pyrrole nitrogens is 1. The molecule has 0 aliphatic carbocycles. The summed E-state index contributed by atoms with van der Waals surface area (Å²) < 4.78 is 7.17. The summed E-state index contributed by atoms with van der Waals surface area (Å²) in [6.07, 6.45) is 6.89. The Bertz CT molecular complexity index is 1070. The van der Waals surface area contributed by atoms with Gasteiger partial charge < -0.3 is 15.1 Å². The van der Waals surface area contributed by atoms with Gasteiger partial charge in [-0.1, -0.05) is 12.1 Å². The number of nitrogens with one attached hydrogen (secondary N) is 3. The average molecular weight is 546 g/mol. The highest BCUT2D eigenvalue weighted by atomic mass is 127. The second-order valence-electron chi connectivity index (χ2n) is 6.89. The standard InChI is InChI=1S/C22H26N8O.HI/c1-2-23-22(25-14-11-20-27-21(29-28-20)19-5-3-16-31-19)24-13-10-17-6-8-18(9-7-17)30-15-4-12-26-30;/h3-9,12,15-16H,2,10-11,13-14H2,1H3,(H2,23,24,25)(H,27,28,29);1H. The van der Waals surface area contributed by atoms with Crippen molar-refractivity contribution in [1.29, 1.82) is 0 Å². The third-order valence-corrected chi connectivity index (χ3v) is 4.65. The molecule has 10 heteroatoms. The summed E-state index contributed by atoms with van der Waals surface area (Å²) >= 11 is 0. The molecule has 4 rings (SSSR count). The van der Waals surface area contributed by atoms with Crippen molar-refractivity contribution in [3.63, 3.8) is 0 Å². The molecular weight excluding hydrogens is 519 g/mol. The van der Waals surface area contributed by atoms with E-state index in [1.165, 1.54) is 5.56 Å². The SMILES string of the molecule is CCNC(=NCCc1nc(-c2ccco2)n[nH]1)NCCc1ccc(-n2cccn2)cc1.I. The quantitative estimate of drug-likeness (QED) is 0.169. The molecule has 0 atom stereocenters. The summed E-state index contributed by atoms with van der Waals surface area (Å²) in [6, 6.07) is 14.0. The van der Waals surface area contributed by atoms with Gasteiger partial charge in [-0.25, -0.2) is 9.67 Å². The Morgan fingerprint density at radius 2 is 2.00 bits per heavy atom. The van der Waals surface area contributed by atoms with Crippen LogP contribution in [0.3, 0.4) is 0 Å². The van der Waals surface area contributed by atoms with E-state index in [-0.39, 0.29) is 24.0 Å². The minimum absolute atomic E-state index is 0. The number of aliphatic imine (C=N–C) groups is 1. The molecule has 3 N–H and O–H groups in total. The van der Waals surface area contributed by atoms with E-state index in [2.05, 4.69) is 67.1 Å². The van der Waals surface area contributed by atoms with Crippen LogP contribution in [0.15, 0.2) is 70.5 Å². The second-order valence-corrected chi connectivity index (χ2v) is 6.89. The van der Waals surface area contributed by atoms with E-state index in [0.29, 0.717) is 24.6 Å². The molecule has 0 saturated heterocycles. The van der Waals surface area contributed by atoms with Gasteiger partial charge in [0, 0.05) is 38.4 Å². The fraction of sp³-hybridized carbons (Fsp3) is 0.273. The molecule has 0 unspecified atom stereocenters. The molecule has 0 aliphatic rings. The maximum atomic E-state index is 5.32. The van der Waals surface area contributed by atoms with E-state index in [1.807, 2.05) is 29.1 Å². The summed E-state index contributed by atoms with van der Waals surface area (Å²) in [5, 5.41) is 18.0. The average Bonchev–Trinajstić information content (AvgIpc) is 3.56. The molecule has 1 aromatic carbocycles. The van der Waals surface area contributed by atoms with Gasteiger partial charge >= 0.3 is 0 Å². The summed E-state index contributed by atoms with van der Waals surface area (Å²) in [5.41, 5.74) is 2.31. The third kappa shape index (κ3) is 6.42. The van der Waals surface area contributed by atoms with Gasteiger partial charge in [0.15, 0.2) is 11.7 Å². The maximum absolute atomic E-state index is 5.32. The molecule has 0 amide bonds. The van der Waals surface area contributed by atoms with Crippen molar-refractivity contribution in [3.8, 4) is 17.3 Å². The zero-order valence-electron chi connectivity index (χ0n) is 17.9. The topological polar surface area (TPSA) is 109 Å². The fourth-order valence-corrected chi connectivity index (χ4v) is 3.10. The molecule has 32 heavy (non-hydrogen) atoms. The largest absolute Gasteiger partial charge is 0.461 e. The Hall–Kier alpha value is -3.15. The lowest BCUT2D eigenvalue weighted by molar-refractivity contribution is 0.577. The predicted molar refractivity (Wildman–Crippen MR) is 134 cm³/mol. The lowest BCUT2D eigenvalue weighted by Crippen LogP contribution is -2.38. The van der Waals surface area contributed by atoms with Crippen LogP contribution in [0, 0.1) is 0 Å². The van der Waals surface area contributed by atoms with Gasteiger partial charge in [-0.3, -0.25) is 10.1 Å². The van der Waals surface area contributed by atoms with Crippen LogP contribution in [-0.4, -0.2) is 50.6 Å². The zero-order valence-corrected chi connectivity index (χ0v) is 20.2. The lowest BCUT2D eigenvalue weighted by atomic mass is 10.1. The first kappa shape index (κ1) is 23.5. The molecule has 0 aliphatic heterocycles. The Morgan fingerprint density at radius 3 is 2.72 bits per heavy atom. The first-order valence-corrected chi connectivity index (χ1v) is 10.4. The lowest BCUT2D eigenvalue weighted by Gasteiger charge is -2.11. The molecule has 0 radical (unpaired) electrons. The van der Waals surface area contributed by atoms with Crippen LogP contribution in [0.4, 0.5) is 0 Å². The molecule has 168 valence electrons. The number of furan rings is 1. The van der Waals surface area contributed by atoms with Gasteiger partial charge in [0.1, 0.15) is 5.82 Å². The molecule has 0 fully saturated rings. The molecule has 9 nitrogen and oxygen atoms in total. The van der Waals surface area contributed by atoms with Crippen LogP contribution >= 0.6 is 24.0 Å². The van der Waals surface area contributed by atoms with Crippen LogP contribution in [0.2, 0.25) is 0 Å². The van der Waals surface area contributed by atoms with Crippen molar-refractivity contribution in [2.24, 2.45) is 4.99 Å². The van der Waals surface area contributed by atoms with Crippen LogP contribution in [-0.2, 0) is 12.8 Å². The molecule has 0 spiro atoms. The number of hydrogen-bond acceptors (Lipinski definition) is 5. The molecule has 0 saturated carbocycles. The summed E-state index contributed by atoms with van der Waals surface area (Å²) in [6.45, 7) is 4.24. The molecule has 0 bridgehead atoms. The van der Waals surface area contributed by atoms with Crippen molar-refractivity contribution in [2.45, 2.75) is 19.8 Å². The van der Waals surface area contributed by atoms with Crippen LogP contribution in [0.5, 0.6) is 0 Å². The van der Waals surface area contributed by atoms with Gasteiger partial charge in [-0.05, 0) is 49.2 Å².